The van der Waals surface area contributed by atoms with Crippen molar-refractivity contribution in [1.29, 1.82) is 0 Å². The number of benzene rings is 2. The first-order valence-electron chi connectivity index (χ1n) is 9.70. The molecule has 0 aliphatic carbocycles. The van der Waals surface area contributed by atoms with Crippen LogP contribution in [-0.2, 0) is 9.84 Å². The Hall–Kier alpha value is -2.94. The lowest BCUT2D eigenvalue weighted by molar-refractivity contribution is 0.102. The molecule has 0 bridgehead atoms. The van der Waals surface area contributed by atoms with Gasteiger partial charge >= 0.3 is 0 Å². The molecular weight excluding hydrogens is 410 g/mol. The van der Waals surface area contributed by atoms with E-state index in [0.717, 1.165) is 0 Å². The van der Waals surface area contributed by atoms with Crippen molar-refractivity contribution in [2.45, 2.75) is 32.6 Å². The molecule has 2 aromatic rings. The van der Waals surface area contributed by atoms with E-state index in [1.54, 1.807) is 13.8 Å². The molecule has 0 heterocycles. The van der Waals surface area contributed by atoms with Crippen LogP contribution < -0.4 is 19.5 Å². The number of hydrogen-bond acceptors (Lipinski definition) is 7. The molecule has 2 aromatic carbocycles. The van der Waals surface area contributed by atoms with Crippen LogP contribution in [0.4, 0.5) is 5.69 Å². The number of aromatic hydroxyl groups is 1. The Labute approximate surface area is 176 Å². The average molecular weight is 438 g/mol. The van der Waals surface area contributed by atoms with Crippen LogP contribution in [0.3, 0.4) is 0 Å². The van der Waals surface area contributed by atoms with Crippen molar-refractivity contribution in [2.75, 3.05) is 30.9 Å². The zero-order valence-electron chi connectivity index (χ0n) is 17.5. The minimum atomic E-state index is -3.50. The minimum Gasteiger partial charge on any atom is -0.506 e. The maximum Gasteiger partial charge on any atom is 0.256 e. The molecule has 0 spiro atoms. The van der Waals surface area contributed by atoms with Crippen LogP contribution in [-0.4, -0.2) is 45.0 Å². The van der Waals surface area contributed by atoms with Crippen molar-refractivity contribution in [2.24, 2.45) is 0 Å². The van der Waals surface area contributed by atoms with E-state index >= 15 is 0 Å². The normalized spacial score (nSPS) is 11.1. The SMILES string of the molecule is CCOc1cc(C(=O)Nc2cc(S(=O)(=O)CC)ccc2O)cc(OCC)c1OCC. The van der Waals surface area contributed by atoms with Crippen molar-refractivity contribution in [1.82, 2.24) is 0 Å². The number of hydrogen-bond donors (Lipinski definition) is 2. The number of carbonyl (C=O) groups excluding carboxylic acids is 1. The number of nitrogens with one attached hydrogen (secondary N) is 1. The Morgan fingerprint density at radius 3 is 2.00 bits per heavy atom. The zero-order chi connectivity index (χ0) is 22.3. The summed E-state index contributed by atoms with van der Waals surface area (Å²) in [6, 6.07) is 6.77. The molecule has 0 saturated heterocycles. The third-order valence-electron chi connectivity index (χ3n) is 4.13. The summed E-state index contributed by atoms with van der Waals surface area (Å²) in [5.74, 6) is 0.181. The lowest BCUT2D eigenvalue weighted by atomic mass is 10.1. The number of rotatable bonds is 10. The molecule has 0 atom stereocenters. The summed E-state index contributed by atoms with van der Waals surface area (Å²) >= 11 is 0. The summed E-state index contributed by atoms with van der Waals surface area (Å²) < 4.78 is 41.1. The van der Waals surface area contributed by atoms with Gasteiger partial charge in [-0.1, -0.05) is 6.92 Å². The van der Waals surface area contributed by atoms with Crippen molar-refractivity contribution in [3.05, 3.63) is 35.9 Å². The number of amides is 1. The summed E-state index contributed by atoms with van der Waals surface area (Å²) in [7, 11) is -3.50. The smallest absolute Gasteiger partial charge is 0.256 e. The second kappa shape index (κ2) is 10.2. The van der Waals surface area contributed by atoms with Crippen LogP contribution >= 0.6 is 0 Å². The summed E-state index contributed by atoms with van der Waals surface area (Å²) in [6.45, 7) is 8.05. The number of sulfone groups is 1. The summed E-state index contributed by atoms with van der Waals surface area (Å²) in [4.78, 5) is 12.9. The van der Waals surface area contributed by atoms with Crippen LogP contribution in [0.15, 0.2) is 35.2 Å². The van der Waals surface area contributed by atoms with Gasteiger partial charge in [-0.25, -0.2) is 8.42 Å². The van der Waals surface area contributed by atoms with Crippen LogP contribution in [0, 0.1) is 0 Å². The third kappa shape index (κ3) is 5.35. The van der Waals surface area contributed by atoms with Crippen LogP contribution in [0.1, 0.15) is 38.1 Å². The average Bonchev–Trinajstić information content (AvgIpc) is 2.71. The molecule has 0 saturated carbocycles. The first-order chi connectivity index (χ1) is 14.3. The fraction of sp³-hybridized carbons (Fsp3) is 0.381. The fourth-order valence-electron chi connectivity index (χ4n) is 2.69. The molecule has 8 nitrogen and oxygen atoms in total. The van der Waals surface area contributed by atoms with E-state index < -0.39 is 15.7 Å². The van der Waals surface area contributed by atoms with Gasteiger partial charge in [0, 0.05) is 5.56 Å². The van der Waals surface area contributed by atoms with E-state index in [2.05, 4.69) is 5.32 Å². The number of carbonyl (C=O) groups is 1. The van der Waals surface area contributed by atoms with Gasteiger partial charge < -0.3 is 24.6 Å². The maximum atomic E-state index is 12.9. The van der Waals surface area contributed by atoms with E-state index in [4.69, 9.17) is 14.2 Å². The van der Waals surface area contributed by atoms with Gasteiger partial charge in [0.1, 0.15) is 5.75 Å². The minimum absolute atomic E-state index is 0.00908. The first-order valence-corrected chi connectivity index (χ1v) is 11.4. The zero-order valence-corrected chi connectivity index (χ0v) is 18.3. The van der Waals surface area contributed by atoms with E-state index in [9.17, 15) is 18.3 Å². The Balaban J connectivity index is 2.45. The third-order valence-corrected chi connectivity index (χ3v) is 5.86. The number of anilines is 1. The Morgan fingerprint density at radius 2 is 1.50 bits per heavy atom. The van der Waals surface area contributed by atoms with Crippen LogP contribution in [0.2, 0.25) is 0 Å². The molecule has 0 aliphatic heterocycles. The number of ether oxygens (including phenoxy) is 3. The summed E-state index contributed by atoms with van der Waals surface area (Å²) in [5, 5.41) is 12.6. The maximum absolute atomic E-state index is 12.9. The molecular formula is C21H27NO7S. The quantitative estimate of drug-likeness (QED) is 0.546. The van der Waals surface area contributed by atoms with E-state index in [-0.39, 0.29) is 27.6 Å². The largest absolute Gasteiger partial charge is 0.506 e. The Kier molecular flexibility index (Phi) is 7.93. The van der Waals surface area contributed by atoms with E-state index in [1.165, 1.54) is 37.3 Å². The highest BCUT2D eigenvalue weighted by Crippen LogP contribution is 2.39. The van der Waals surface area contributed by atoms with Gasteiger partial charge in [-0.15, -0.1) is 0 Å². The molecule has 30 heavy (non-hydrogen) atoms. The molecule has 0 radical (unpaired) electrons. The highest BCUT2D eigenvalue weighted by molar-refractivity contribution is 7.91. The van der Waals surface area contributed by atoms with Gasteiger partial charge in [0.2, 0.25) is 5.75 Å². The summed E-state index contributed by atoms with van der Waals surface area (Å²) in [5.41, 5.74) is 0.188. The van der Waals surface area contributed by atoms with E-state index in [1.807, 2.05) is 6.92 Å². The first kappa shape index (κ1) is 23.3. The molecule has 2 rings (SSSR count). The molecule has 9 heteroatoms. The van der Waals surface area contributed by atoms with Crippen LogP contribution in [0.5, 0.6) is 23.0 Å². The Bertz CT molecular complexity index is 975. The fourth-order valence-corrected chi connectivity index (χ4v) is 3.60. The predicted octanol–water partition coefficient (Wildman–Crippen LogP) is 3.63. The molecule has 0 aliphatic rings. The monoisotopic (exact) mass is 437 g/mol. The standard InChI is InChI=1S/C21H27NO7S/c1-5-27-18-11-14(12-19(28-6-2)20(18)29-7-3)21(24)22-16-13-15(9-10-17(16)23)30(25,26)8-4/h9-13,23H,5-8H2,1-4H3,(H,22,24). The molecule has 1 amide bonds. The van der Waals surface area contributed by atoms with Crippen molar-refractivity contribution in [3.63, 3.8) is 0 Å². The lowest BCUT2D eigenvalue weighted by Gasteiger charge is -2.17. The van der Waals surface area contributed by atoms with Gasteiger partial charge in [0.15, 0.2) is 21.3 Å². The predicted molar refractivity (Wildman–Crippen MR) is 114 cm³/mol. The van der Waals surface area contributed by atoms with Crippen molar-refractivity contribution >= 4 is 21.4 Å². The van der Waals surface area contributed by atoms with Gasteiger partial charge in [-0.3, -0.25) is 4.79 Å². The molecule has 164 valence electrons. The summed E-state index contributed by atoms with van der Waals surface area (Å²) in [6.07, 6.45) is 0. The Morgan fingerprint density at radius 1 is 0.933 bits per heavy atom. The second-order valence-corrected chi connectivity index (χ2v) is 8.42. The van der Waals surface area contributed by atoms with Crippen molar-refractivity contribution in [3.8, 4) is 23.0 Å². The highest BCUT2D eigenvalue weighted by atomic mass is 32.2. The van der Waals surface area contributed by atoms with Gasteiger partial charge in [-0.2, -0.15) is 0 Å². The van der Waals surface area contributed by atoms with Gasteiger partial charge in [-0.05, 0) is 51.1 Å². The molecule has 2 N–H and O–H groups in total. The van der Waals surface area contributed by atoms with Gasteiger partial charge in [0.05, 0.1) is 36.2 Å². The second-order valence-electron chi connectivity index (χ2n) is 6.14. The molecule has 0 unspecified atom stereocenters. The number of phenolic OH excluding ortho intramolecular Hbond substituents is 1. The number of phenols is 1. The molecule has 0 aromatic heterocycles. The highest BCUT2D eigenvalue weighted by Gasteiger charge is 2.20. The lowest BCUT2D eigenvalue weighted by Crippen LogP contribution is -2.14. The van der Waals surface area contributed by atoms with Gasteiger partial charge in [0.25, 0.3) is 5.91 Å². The topological polar surface area (TPSA) is 111 Å². The van der Waals surface area contributed by atoms with E-state index in [0.29, 0.717) is 37.1 Å². The van der Waals surface area contributed by atoms with Crippen molar-refractivity contribution < 1.29 is 32.5 Å². The molecule has 0 fully saturated rings. The van der Waals surface area contributed by atoms with Crippen LogP contribution in [0.25, 0.3) is 0 Å².